The van der Waals surface area contributed by atoms with Gasteiger partial charge in [0.1, 0.15) is 28.9 Å². The Morgan fingerprint density at radius 1 is 1.23 bits per heavy atom. The minimum Gasteiger partial charge on any atom is -0.444 e. The third-order valence-corrected chi connectivity index (χ3v) is 4.49. The lowest BCUT2D eigenvalue weighted by Gasteiger charge is -2.34. The number of carbonyl (C=O) groups is 2. The quantitative estimate of drug-likeness (QED) is 0.741. The third-order valence-electron chi connectivity index (χ3n) is 4.30. The number of rotatable bonds is 3. The second kappa shape index (κ2) is 8.93. The minimum atomic E-state index is -0.576. The van der Waals surface area contributed by atoms with Gasteiger partial charge in [0.2, 0.25) is 0 Å². The molecule has 2 aromatic rings. The number of nitrogens with zero attached hydrogens (tertiary/aromatic N) is 4. The summed E-state index contributed by atoms with van der Waals surface area (Å²) in [4.78, 5) is 38.4. The van der Waals surface area contributed by atoms with Crippen LogP contribution < -0.4 is 5.32 Å². The topological polar surface area (TPSA) is 107 Å². The zero-order valence-electron chi connectivity index (χ0n) is 17.3. The smallest absolute Gasteiger partial charge is 0.410 e. The van der Waals surface area contributed by atoms with Crippen LogP contribution in [0.4, 0.5) is 4.79 Å². The van der Waals surface area contributed by atoms with Gasteiger partial charge in [-0.15, -0.1) is 0 Å². The number of hydrogen-bond acceptors (Lipinski definition) is 7. The highest BCUT2D eigenvalue weighted by atomic mass is 35.5. The van der Waals surface area contributed by atoms with Crippen LogP contribution in [0.5, 0.6) is 0 Å². The first-order valence-electron chi connectivity index (χ1n) is 9.48. The summed E-state index contributed by atoms with van der Waals surface area (Å²) < 4.78 is 11.3. The van der Waals surface area contributed by atoms with Crippen LogP contribution in [0, 0.1) is 0 Å². The Balaban J connectivity index is 1.85. The molecule has 1 atom stereocenters. The highest BCUT2D eigenvalue weighted by Crippen LogP contribution is 2.28. The van der Waals surface area contributed by atoms with E-state index in [0.29, 0.717) is 31.1 Å². The van der Waals surface area contributed by atoms with E-state index in [1.807, 2.05) is 20.8 Å². The number of morpholine rings is 1. The van der Waals surface area contributed by atoms with Crippen LogP contribution in [0.3, 0.4) is 0 Å². The van der Waals surface area contributed by atoms with Crippen molar-refractivity contribution < 1.29 is 19.1 Å². The molecule has 1 aliphatic rings. The van der Waals surface area contributed by atoms with Crippen molar-refractivity contribution >= 4 is 23.6 Å². The van der Waals surface area contributed by atoms with E-state index in [1.165, 1.54) is 19.4 Å². The molecular weight excluding hydrogens is 410 g/mol. The fraction of sp³-hybridized carbons (Fsp3) is 0.450. The minimum absolute atomic E-state index is 0.218. The number of aromatic nitrogens is 3. The Kier molecular flexibility index (Phi) is 6.52. The van der Waals surface area contributed by atoms with E-state index >= 15 is 0 Å². The second-order valence-electron chi connectivity index (χ2n) is 7.76. The molecule has 0 spiro atoms. The molecule has 1 aliphatic heterocycles. The molecule has 2 amide bonds. The normalized spacial score (nSPS) is 16.8. The van der Waals surface area contributed by atoms with Crippen LogP contribution in [0.25, 0.3) is 11.4 Å². The Bertz CT molecular complexity index is 947. The summed E-state index contributed by atoms with van der Waals surface area (Å²) in [5, 5.41) is 2.77. The first kappa shape index (κ1) is 21.9. The molecule has 1 N–H and O–H groups in total. The molecule has 0 aliphatic carbocycles. The van der Waals surface area contributed by atoms with Crippen LogP contribution in [0.15, 0.2) is 24.5 Å². The maximum atomic E-state index is 12.4. The predicted octanol–water partition coefficient (Wildman–Crippen LogP) is 2.86. The summed E-state index contributed by atoms with van der Waals surface area (Å²) >= 11 is 6.24. The van der Waals surface area contributed by atoms with E-state index in [-0.39, 0.29) is 22.8 Å². The molecule has 3 rings (SSSR count). The molecule has 0 bridgehead atoms. The molecule has 0 radical (unpaired) electrons. The van der Waals surface area contributed by atoms with Crippen LogP contribution in [-0.4, -0.2) is 64.2 Å². The molecule has 30 heavy (non-hydrogen) atoms. The summed E-state index contributed by atoms with van der Waals surface area (Å²) in [6.07, 6.45) is 0.511. The highest BCUT2D eigenvalue weighted by molar-refractivity contribution is 6.29. The number of halogens is 1. The van der Waals surface area contributed by atoms with Gasteiger partial charge in [0.15, 0.2) is 0 Å². The number of nitrogens with one attached hydrogen (secondary N) is 1. The van der Waals surface area contributed by atoms with Crippen molar-refractivity contribution in [1.29, 1.82) is 0 Å². The number of pyridine rings is 1. The third kappa shape index (κ3) is 5.43. The number of hydrogen-bond donors (Lipinski definition) is 1. The summed E-state index contributed by atoms with van der Waals surface area (Å²) in [6, 6.07) is 5.01. The van der Waals surface area contributed by atoms with E-state index in [1.54, 1.807) is 17.0 Å². The molecule has 1 fully saturated rings. The van der Waals surface area contributed by atoms with E-state index in [0.717, 1.165) is 5.56 Å². The molecule has 2 aromatic heterocycles. The maximum absolute atomic E-state index is 12.4. The van der Waals surface area contributed by atoms with Gasteiger partial charge in [0.25, 0.3) is 5.91 Å². The van der Waals surface area contributed by atoms with Gasteiger partial charge in [-0.3, -0.25) is 4.79 Å². The Labute approximate surface area is 179 Å². The first-order valence-corrected chi connectivity index (χ1v) is 9.85. The van der Waals surface area contributed by atoms with Gasteiger partial charge in [-0.25, -0.2) is 19.7 Å². The number of ether oxygens (including phenoxy) is 2. The Morgan fingerprint density at radius 2 is 2.00 bits per heavy atom. The summed E-state index contributed by atoms with van der Waals surface area (Å²) in [7, 11) is 1.52. The van der Waals surface area contributed by atoms with Gasteiger partial charge in [-0.2, -0.15) is 0 Å². The molecule has 1 saturated heterocycles. The standard InChI is InChI=1S/C20H24ClN5O4/c1-20(2,3)30-19(28)26-5-6-29-16(10-26)12-7-14(25-17(21)8-12)13-9-15(18(27)22-4)24-11-23-13/h7-9,11,16H,5-6,10H2,1-4H3,(H,22,27). The van der Waals surface area contributed by atoms with Crippen molar-refractivity contribution in [2.75, 3.05) is 26.7 Å². The summed E-state index contributed by atoms with van der Waals surface area (Å²) in [6.45, 7) is 6.61. The Hall–Kier alpha value is -2.78. The number of carbonyl (C=O) groups excluding carboxylic acids is 2. The molecule has 10 heteroatoms. The van der Waals surface area contributed by atoms with Crippen molar-refractivity contribution in [3.8, 4) is 11.4 Å². The van der Waals surface area contributed by atoms with Crippen molar-refractivity contribution in [2.45, 2.75) is 32.5 Å². The molecular formula is C20H24ClN5O4. The lowest BCUT2D eigenvalue weighted by atomic mass is 10.1. The fourth-order valence-electron chi connectivity index (χ4n) is 2.93. The summed E-state index contributed by atoms with van der Waals surface area (Å²) in [5.41, 5.74) is 1.32. The van der Waals surface area contributed by atoms with Crippen LogP contribution >= 0.6 is 11.6 Å². The van der Waals surface area contributed by atoms with Crippen molar-refractivity contribution in [3.63, 3.8) is 0 Å². The monoisotopic (exact) mass is 433 g/mol. The lowest BCUT2D eigenvalue weighted by Crippen LogP contribution is -2.44. The van der Waals surface area contributed by atoms with Gasteiger partial charge in [-0.05, 0) is 44.5 Å². The zero-order valence-corrected chi connectivity index (χ0v) is 18.1. The average Bonchev–Trinajstić information content (AvgIpc) is 2.71. The van der Waals surface area contributed by atoms with Crippen LogP contribution in [0.1, 0.15) is 42.9 Å². The van der Waals surface area contributed by atoms with Gasteiger partial charge >= 0.3 is 6.09 Å². The zero-order chi connectivity index (χ0) is 21.9. The summed E-state index contributed by atoms with van der Waals surface area (Å²) in [5.74, 6) is -0.329. The van der Waals surface area contributed by atoms with Crippen molar-refractivity contribution in [3.05, 3.63) is 40.9 Å². The average molecular weight is 434 g/mol. The highest BCUT2D eigenvalue weighted by Gasteiger charge is 2.29. The largest absolute Gasteiger partial charge is 0.444 e. The van der Waals surface area contributed by atoms with Gasteiger partial charge in [-0.1, -0.05) is 11.6 Å². The van der Waals surface area contributed by atoms with E-state index in [4.69, 9.17) is 21.1 Å². The lowest BCUT2D eigenvalue weighted by molar-refractivity contribution is -0.0432. The second-order valence-corrected chi connectivity index (χ2v) is 8.15. The van der Waals surface area contributed by atoms with Crippen molar-refractivity contribution in [1.82, 2.24) is 25.2 Å². The fourth-order valence-corrected chi connectivity index (χ4v) is 3.14. The molecule has 9 nitrogen and oxygen atoms in total. The SMILES string of the molecule is CNC(=O)c1cc(-c2cc(C3CN(C(=O)OC(C)(C)C)CCO3)cc(Cl)n2)ncn1. The van der Waals surface area contributed by atoms with E-state index in [2.05, 4.69) is 20.3 Å². The van der Waals surface area contributed by atoms with Crippen LogP contribution in [-0.2, 0) is 9.47 Å². The van der Waals surface area contributed by atoms with Gasteiger partial charge in [0, 0.05) is 13.6 Å². The Morgan fingerprint density at radius 3 is 2.70 bits per heavy atom. The molecule has 3 heterocycles. The molecule has 0 aromatic carbocycles. The maximum Gasteiger partial charge on any atom is 0.410 e. The van der Waals surface area contributed by atoms with E-state index < -0.39 is 11.7 Å². The van der Waals surface area contributed by atoms with Crippen molar-refractivity contribution in [2.24, 2.45) is 0 Å². The predicted molar refractivity (Wildman–Crippen MR) is 110 cm³/mol. The van der Waals surface area contributed by atoms with Gasteiger partial charge < -0.3 is 19.7 Å². The van der Waals surface area contributed by atoms with Crippen LogP contribution in [0.2, 0.25) is 5.15 Å². The number of amides is 2. The van der Waals surface area contributed by atoms with Gasteiger partial charge in [0.05, 0.1) is 24.5 Å². The molecule has 160 valence electrons. The first-order chi connectivity index (χ1) is 14.2. The molecule has 0 saturated carbocycles. The molecule has 1 unspecified atom stereocenters. The van der Waals surface area contributed by atoms with E-state index in [9.17, 15) is 9.59 Å².